The lowest BCUT2D eigenvalue weighted by Crippen LogP contribution is -2.24. The third-order valence-corrected chi connectivity index (χ3v) is 5.11. The summed E-state index contributed by atoms with van der Waals surface area (Å²) in [4.78, 5) is 4.11. The zero-order valence-corrected chi connectivity index (χ0v) is 13.0. The van der Waals surface area contributed by atoms with Gasteiger partial charge in [-0.1, -0.05) is 6.07 Å². The van der Waals surface area contributed by atoms with Crippen LogP contribution in [-0.4, -0.2) is 13.4 Å². The van der Waals surface area contributed by atoms with E-state index in [-0.39, 0.29) is 15.9 Å². The van der Waals surface area contributed by atoms with Crippen molar-refractivity contribution in [2.75, 3.05) is 0 Å². The molecule has 2 rings (SSSR count). The Kier molecular flexibility index (Phi) is 4.52. The summed E-state index contributed by atoms with van der Waals surface area (Å²) in [5, 5.41) is 0. The van der Waals surface area contributed by atoms with E-state index in [0.29, 0.717) is 5.69 Å². The van der Waals surface area contributed by atoms with E-state index in [2.05, 4.69) is 25.6 Å². The Bertz CT molecular complexity index is 735. The summed E-state index contributed by atoms with van der Waals surface area (Å²) < 4.78 is 39.9. The number of aryl methyl sites for hydroxylation is 1. The summed E-state index contributed by atoms with van der Waals surface area (Å²) in [7, 11) is -3.73. The normalized spacial score (nSPS) is 11.6. The zero-order chi connectivity index (χ0) is 14.8. The van der Waals surface area contributed by atoms with Crippen molar-refractivity contribution < 1.29 is 12.8 Å². The number of hydrogen-bond acceptors (Lipinski definition) is 3. The molecule has 2 aromatic rings. The molecule has 0 radical (unpaired) electrons. The molecule has 20 heavy (non-hydrogen) atoms. The van der Waals surface area contributed by atoms with Gasteiger partial charge in [0.25, 0.3) is 0 Å². The number of nitrogens with zero attached hydrogens (tertiary/aromatic N) is 1. The lowest BCUT2D eigenvalue weighted by Gasteiger charge is -2.09. The largest absolute Gasteiger partial charge is 0.260 e. The Morgan fingerprint density at radius 1 is 1.35 bits per heavy atom. The van der Waals surface area contributed by atoms with Crippen LogP contribution in [0.5, 0.6) is 0 Å². The molecule has 0 amide bonds. The van der Waals surface area contributed by atoms with E-state index in [9.17, 15) is 12.8 Å². The monoisotopic (exact) mass is 358 g/mol. The molecule has 1 heterocycles. The highest BCUT2D eigenvalue weighted by atomic mass is 79.9. The molecule has 1 aromatic heterocycles. The SMILES string of the molecule is Cc1cccnc1CNS(=O)(=O)c1ccc(F)cc1Br. The van der Waals surface area contributed by atoms with Crippen LogP contribution in [0.15, 0.2) is 45.9 Å². The number of sulfonamides is 1. The van der Waals surface area contributed by atoms with Crippen LogP contribution >= 0.6 is 15.9 Å². The second-order valence-corrected chi connectivity index (χ2v) is 6.76. The minimum Gasteiger partial charge on any atom is -0.260 e. The highest BCUT2D eigenvalue weighted by Crippen LogP contribution is 2.22. The summed E-state index contributed by atoms with van der Waals surface area (Å²) >= 11 is 3.05. The van der Waals surface area contributed by atoms with E-state index in [1.807, 2.05) is 13.0 Å². The van der Waals surface area contributed by atoms with Gasteiger partial charge in [-0.05, 0) is 52.7 Å². The first-order chi connectivity index (χ1) is 9.40. The first kappa shape index (κ1) is 15.1. The highest BCUT2D eigenvalue weighted by Gasteiger charge is 2.18. The summed E-state index contributed by atoms with van der Waals surface area (Å²) in [5.74, 6) is -0.503. The molecule has 0 aliphatic heterocycles. The van der Waals surface area contributed by atoms with Crippen LogP contribution in [0.3, 0.4) is 0 Å². The predicted octanol–water partition coefficient (Wildman–Crippen LogP) is 2.77. The average molecular weight is 359 g/mol. The minimum atomic E-state index is -3.73. The van der Waals surface area contributed by atoms with Crippen LogP contribution in [0.1, 0.15) is 11.3 Å². The van der Waals surface area contributed by atoms with Gasteiger partial charge in [-0.15, -0.1) is 0 Å². The summed E-state index contributed by atoms with van der Waals surface area (Å²) in [6.07, 6.45) is 1.60. The fraction of sp³-hybridized carbons (Fsp3) is 0.154. The number of halogens is 2. The standard InChI is InChI=1S/C13H12BrFN2O2S/c1-9-3-2-6-16-12(9)8-17-20(18,19)13-5-4-10(15)7-11(13)14/h2-7,17H,8H2,1H3. The van der Waals surface area contributed by atoms with Crippen molar-refractivity contribution in [1.82, 2.24) is 9.71 Å². The summed E-state index contributed by atoms with van der Waals surface area (Å²) in [5.41, 5.74) is 1.54. The maximum atomic E-state index is 13.0. The van der Waals surface area contributed by atoms with Crippen molar-refractivity contribution in [3.8, 4) is 0 Å². The van der Waals surface area contributed by atoms with Crippen molar-refractivity contribution in [2.45, 2.75) is 18.4 Å². The molecule has 0 saturated heterocycles. The van der Waals surface area contributed by atoms with Gasteiger partial charge < -0.3 is 0 Å². The third kappa shape index (κ3) is 3.41. The third-order valence-electron chi connectivity index (χ3n) is 2.73. The molecule has 0 aliphatic carbocycles. The van der Waals surface area contributed by atoms with Gasteiger partial charge in [-0.25, -0.2) is 17.5 Å². The number of nitrogens with one attached hydrogen (secondary N) is 1. The van der Waals surface area contributed by atoms with Gasteiger partial charge in [0.15, 0.2) is 0 Å². The van der Waals surface area contributed by atoms with Crippen LogP contribution in [0.25, 0.3) is 0 Å². The first-order valence-electron chi connectivity index (χ1n) is 5.75. The van der Waals surface area contributed by atoms with Crippen molar-refractivity contribution in [3.05, 3.63) is 58.1 Å². The molecule has 0 atom stereocenters. The van der Waals surface area contributed by atoms with E-state index >= 15 is 0 Å². The van der Waals surface area contributed by atoms with E-state index in [1.54, 1.807) is 12.3 Å². The molecule has 0 bridgehead atoms. The van der Waals surface area contributed by atoms with Gasteiger partial charge in [-0.3, -0.25) is 4.98 Å². The predicted molar refractivity (Wildman–Crippen MR) is 77.1 cm³/mol. The molecule has 0 spiro atoms. The topological polar surface area (TPSA) is 59.1 Å². The maximum Gasteiger partial charge on any atom is 0.242 e. The quantitative estimate of drug-likeness (QED) is 0.913. The first-order valence-corrected chi connectivity index (χ1v) is 8.03. The number of benzene rings is 1. The maximum absolute atomic E-state index is 13.0. The second-order valence-electron chi connectivity index (χ2n) is 4.17. The molecule has 0 unspecified atom stereocenters. The second kappa shape index (κ2) is 5.99. The summed E-state index contributed by atoms with van der Waals surface area (Å²) in [6, 6.07) is 7.06. The van der Waals surface area contributed by atoms with Crippen LogP contribution in [-0.2, 0) is 16.6 Å². The Balaban J connectivity index is 2.22. The molecule has 0 fully saturated rings. The van der Waals surface area contributed by atoms with Gasteiger partial charge in [-0.2, -0.15) is 0 Å². The van der Waals surface area contributed by atoms with Crippen LogP contribution in [0, 0.1) is 12.7 Å². The smallest absolute Gasteiger partial charge is 0.242 e. The van der Waals surface area contributed by atoms with Crippen molar-refractivity contribution in [1.29, 1.82) is 0 Å². The van der Waals surface area contributed by atoms with Crippen LogP contribution < -0.4 is 4.72 Å². The molecular weight excluding hydrogens is 347 g/mol. The van der Waals surface area contributed by atoms with E-state index in [4.69, 9.17) is 0 Å². The Morgan fingerprint density at radius 2 is 2.10 bits per heavy atom. The van der Waals surface area contributed by atoms with Gasteiger partial charge in [0, 0.05) is 10.7 Å². The van der Waals surface area contributed by atoms with Crippen molar-refractivity contribution in [3.63, 3.8) is 0 Å². The summed E-state index contributed by atoms with van der Waals surface area (Å²) in [6.45, 7) is 1.93. The van der Waals surface area contributed by atoms with Gasteiger partial charge in [0.05, 0.1) is 17.1 Å². The number of hydrogen-bond donors (Lipinski definition) is 1. The molecule has 0 aliphatic rings. The fourth-order valence-corrected chi connectivity index (χ4v) is 3.67. The highest BCUT2D eigenvalue weighted by molar-refractivity contribution is 9.10. The molecule has 1 N–H and O–H groups in total. The van der Waals surface area contributed by atoms with Gasteiger partial charge >= 0.3 is 0 Å². The van der Waals surface area contributed by atoms with Gasteiger partial charge in [0.1, 0.15) is 5.82 Å². The van der Waals surface area contributed by atoms with Crippen molar-refractivity contribution >= 4 is 26.0 Å². The van der Waals surface area contributed by atoms with Crippen LogP contribution in [0.2, 0.25) is 0 Å². The Labute approximate surface area is 125 Å². The van der Waals surface area contributed by atoms with Gasteiger partial charge in [0.2, 0.25) is 10.0 Å². The fourth-order valence-electron chi connectivity index (χ4n) is 1.64. The molecule has 7 heteroatoms. The zero-order valence-electron chi connectivity index (χ0n) is 10.6. The van der Waals surface area contributed by atoms with E-state index in [1.165, 1.54) is 6.07 Å². The van der Waals surface area contributed by atoms with Crippen molar-refractivity contribution in [2.24, 2.45) is 0 Å². The number of aromatic nitrogens is 1. The lowest BCUT2D eigenvalue weighted by molar-refractivity contribution is 0.578. The minimum absolute atomic E-state index is 0.00696. The molecular formula is C13H12BrFN2O2S. The van der Waals surface area contributed by atoms with E-state index in [0.717, 1.165) is 17.7 Å². The van der Waals surface area contributed by atoms with E-state index < -0.39 is 15.8 Å². The number of rotatable bonds is 4. The molecule has 106 valence electrons. The molecule has 1 aromatic carbocycles. The Morgan fingerprint density at radius 3 is 2.75 bits per heavy atom. The number of pyridine rings is 1. The Hall–Kier alpha value is -1.31. The lowest BCUT2D eigenvalue weighted by atomic mass is 10.2. The molecule has 0 saturated carbocycles. The molecule has 4 nitrogen and oxygen atoms in total. The average Bonchev–Trinajstić information content (AvgIpc) is 2.37. The van der Waals surface area contributed by atoms with Crippen LogP contribution in [0.4, 0.5) is 4.39 Å².